The van der Waals surface area contributed by atoms with Gasteiger partial charge in [0.25, 0.3) is 0 Å². The van der Waals surface area contributed by atoms with Gasteiger partial charge < -0.3 is 19.5 Å². The first-order valence-electron chi connectivity index (χ1n) is 6.75. The Kier molecular flexibility index (Phi) is 6.44. The number of ether oxygens (including phenoxy) is 3. The molecule has 0 radical (unpaired) electrons. The van der Waals surface area contributed by atoms with Crippen LogP contribution in [0.4, 0.5) is 5.95 Å². The molecule has 7 nitrogen and oxygen atoms in total. The number of nitrogens with one attached hydrogen (secondary N) is 1. The SMILES string of the molecule is CCCOc1nc(NC)nc(OCCC(C)(C)OC)n1. The number of hydrogen-bond donors (Lipinski definition) is 1. The standard InChI is InChI=1S/C13H24N4O3/c1-6-8-19-11-15-10(14-4)16-12(17-11)20-9-7-13(2,3)18-5/h6-9H2,1-5H3,(H,14,15,16,17). The number of methoxy groups -OCH3 is 1. The van der Waals surface area contributed by atoms with E-state index in [2.05, 4.69) is 20.3 Å². The summed E-state index contributed by atoms with van der Waals surface area (Å²) < 4.78 is 16.3. The van der Waals surface area contributed by atoms with Crippen LogP contribution >= 0.6 is 0 Å². The third-order valence-corrected chi connectivity index (χ3v) is 2.74. The van der Waals surface area contributed by atoms with Gasteiger partial charge in [0.05, 0.1) is 18.8 Å². The molecule has 0 aliphatic carbocycles. The predicted molar refractivity (Wildman–Crippen MR) is 76.4 cm³/mol. The van der Waals surface area contributed by atoms with Crippen molar-refractivity contribution < 1.29 is 14.2 Å². The fourth-order valence-corrected chi connectivity index (χ4v) is 1.26. The van der Waals surface area contributed by atoms with Gasteiger partial charge in [-0.3, -0.25) is 0 Å². The molecule has 0 aromatic carbocycles. The Morgan fingerprint density at radius 3 is 2.15 bits per heavy atom. The highest BCUT2D eigenvalue weighted by atomic mass is 16.5. The number of anilines is 1. The second-order valence-corrected chi connectivity index (χ2v) is 4.88. The average Bonchev–Trinajstić information content (AvgIpc) is 2.44. The number of nitrogens with zero attached hydrogens (tertiary/aromatic N) is 3. The van der Waals surface area contributed by atoms with Crippen molar-refractivity contribution in [2.45, 2.75) is 39.2 Å². The Morgan fingerprint density at radius 1 is 1.05 bits per heavy atom. The Hall–Kier alpha value is -1.63. The molecule has 0 atom stereocenters. The quantitative estimate of drug-likeness (QED) is 0.742. The van der Waals surface area contributed by atoms with Crippen molar-refractivity contribution in [3.63, 3.8) is 0 Å². The largest absolute Gasteiger partial charge is 0.463 e. The number of rotatable bonds is 9. The van der Waals surface area contributed by atoms with Gasteiger partial charge in [0, 0.05) is 20.6 Å². The maximum absolute atomic E-state index is 5.54. The van der Waals surface area contributed by atoms with Crippen molar-refractivity contribution in [1.29, 1.82) is 0 Å². The Balaban J connectivity index is 2.64. The van der Waals surface area contributed by atoms with Gasteiger partial charge in [-0.25, -0.2) is 0 Å². The maximum atomic E-state index is 5.54. The van der Waals surface area contributed by atoms with E-state index in [1.807, 2.05) is 20.8 Å². The Labute approximate surface area is 120 Å². The van der Waals surface area contributed by atoms with E-state index in [0.29, 0.717) is 19.2 Å². The van der Waals surface area contributed by atoms with E-state index in [4.69, 9.17) is 14.2 Å². The van der Waals surface area contributed by atoms with Gasteiger partial charge in [0.15, 0.2) is 0 Å². The smallest absolute Gasteiger partial charge is 0.324 e. The molecule has 0 saturated carbocycles. The zero-order valence-corrected chi connectivity index (χ0v) is 12.9. The molecule has 0 aliphatic rings. The minimum absolute atomic E-state index is 0.236. The molecule has 1 N–H and O–H groups in total. The van der Waals surface area contributed by atoms with Crippen molar-refractivity contribution >= 4 is 5.95 Å². The lowest BCUT2D eigenvalue weighted by Crippen LogP contribution is -2.25. The first kappa shape index (κ1) is 16.4. The summed E-state index contributed by atoms with van der Waals surface area (Å²) in [7, 11) is 3.41. The van der Waals surface area contributed by atoms with Crippen molar-refractivity contribution in [2.75, 3.05) is 32.7 Å². The fourth-order valence-electron chi connectivity index (χ4n) is 1.26. The summed E-state index contributed by atoms with van der Waals surface area (Å²) in [6.45, 7) is 7.03. The third-order valence-electron chi connectivity index (χ3n) is 2.74. The van der Waals surface area contributed by atoms with Gasteiger partial charge in [-0.1, -0.05) is 6.92 Å². The van der Waals surface area contributed by atoms with Crippen LogP contribution in [-0.2, 0) is 4.74 Å². The Bertz CT molecular complexity index is 413. The molecule has 0 saturated heterocycles. The highest BCUT2D eigenvalue weighted by molar-refractivity contribution is 5.26. The Morgan fingerprint density at radius 2 is 1.65 bits per heavy atom. The molecule has 7 heteroatoms. The topological polar surface area (TPSA) is 78.4 Å². The van der Waals surface area contributed by atoms with E-state index in [9.17, 15) is 0 Å². The van der Waals surface area contributed by atoms with E-state index in [0.717, 1.165) is 12.8 Å². The molecule has 114 valence electrons. The molecule has 1 aromatic heterocycles. The minimum Gasteiger partial charge on any atom is -0.463 e. The number of hydrogen-bond acceptors (Lipinski definition) is 7. The van der Waals surface area contributed by atoms with E-state index in [-0.39, 0.29) is 17.6 Å². The van der Waals surface area contributed by atoms with Gasteiger partial charge in [-0.05, 0) is 20.3 Å². The fraction of sp³-hybridized carbons (Fsp3) is 0.769. The molecule has 0 spiro atoms. The summed E-state index contributed by atoms with van der Waals surface area (Å²) in [5, 5.41) is 2.86. The van der Waals surface area contributed by atoms with E-state index >= 15 is 0 Å². The summed E-state index contributed by atoms with van der Waals surface area (Å²) in [5.41, 5.74) is -0.236. The zero-order chi connectivity index (χ0) is 15.0. The lowest BCUT2D eigenvalue weighted by atomic mass is 10.1. The van der Waals surface area contributed by atoms with Crippen molar-refractivity contribution in [1.82, 2.24) is 15.0 Å². The molecule has 0 aliphatic heterocycles. The lowest BCUT2D eigenvalue weighted by Gasteiger charge is -2.22. The molecule has 1 heterocycles. The molecular formula is C13H24N4O3. The molecule has 1 rings (SSSR count). The molecule has 0 amide bonds. The second-order valence-electron chi connectivity index (χ2n) is 4.88. The molecule has 0 bridgehead atoms. The van der Waals surface area contributed by atoms with Crippen LogP contribution in [0, 0.1) is 0 Å². The van der Waals surface area contributed by atoms with Crippen LogP contribution in [0.15, 0.2) is 0 Å². The third kappa shape index (κ3) is 5.56. The zero-order valence-electron chi connectivity index (χ0n) is 12.9. The summed E-state index contributed by atoms with van der Waals surface area (Å²) in [6.07, 6.45) is 1.62. The summed E-state index contributed by atoms with van der Waals surface area (Å²) in [6, 6.07) is 0.523. The molecule has 0 fully saturated rings. The molecule has 1 aromatic rings. The summed E-state index contributed by atoms with van der Waals surface area (Å²) in [5.74, 6) is 0.423. The first-order chi connectivity index (χ1) is 9.50. The van der Waals surface area contributed by atoms with Crippen LogP contribution in [-0.4, -0.2) is 47.9 Å². The maximum Gasteiger partial charge on any atom is 0.324 e. The van der Waals surface area contributed by atoms with Crippen LogP contribution in [0.2, 0.25) is 0 Å². The van der Waals surface area contributed by atoms with Gasteiger partial charge in [-0.15, -0.1) is 4.98 Å². The van der Waals surface area contributed by atoms with Crippen molar-refractivity contribution in [3.05, 3.63) is 0 Å². The number of aromatic nitrogens is 3. The van der Waals surface area contributed by atoms with Crippen LogP contribution in [0.25, 0.3) is 0 Å². The van der Waals surface area contributed by atoms with Gasteiger partial charge in [0.2, 0.25) is 5.95 Å². The van der Waals surface area contributed by atoms with Crippen molar-refractivity contribution in [3.8, 4) is 12.0 Å². The second kappa shape index (κ2) is 7.84. The average molecular weight is 284 g/mol. The monoisotopic (exact) mass is 284 g/mol. The van der Waals surface area contributed by atoms with Crippen LogP contribution < -0.4 is 14.8 Å². The normalized spacial score (nSPS) is 11.2. The van der Waals surface area contributed by atoms with Gasteiger partial charge >= 0.3 is 12.0 Å². The lowest BCUT2D eigenvalue weighted by molar-refractivity contribution is 0.00461. The summed E-state index contributed by atoms with van der Waals surface area (Å²) in [4.78, 5) is 12.3. The van der Waals surface area contributed by atoms with Crippen LogP contribution in [0.5, 0.6) is 12.0 Å². The van der Waals surface area contributed by atoms with Gasteiger partial charge in [-0.2, -0.15) is 9.97 Å². The molecule has 20 heavy (non-hydrogen) atoms. The summed E-state index contributed by atoms with van der Waals surface area (Å²) >= 11 is 0. The highest BCUT2D eigenvalue weighted by Crippen LogP contribution is 2.16. The molecule has 0 unspecified atom stereocenters. The predicted octanol–water partition coefficient (Wildman–Crippen LogP) is 1.90. The van der Waals surface area contributed by atoms with Crippen LogP contribution in [0.3, 0.4) is 0 Å². The van der Waals surface area contributed by atoms with Crippen molar-refractivity contribution in [2.24, 2.45) is 0 Å². The first-order valence-corrected chi connectivity index (χ1v) is 6.75. The minimum atomic E-state index is -0.236. The van der Waals surface area contributed by atoms with Crippen LogP contribution in [0.1, 0.15) is 33.6 Å². The van der Waals surface area contributed by atoms with E-state index in [1.165, 1.54) is 0 Å². The molecular weight excluding hydrogens is 260 g/mol. The van der Waals surface area contributed by atoms with Gasteiger partial charge in [0.1, 0.15) is 0 Å². The van der Waals surface area contributed by atoms with E-state index < -0.39 is 0 Å². The highest BCUT2D eigenvalue weighted by Gasteiger charge is 2.17. The van der Waals surface area contributed by atoms with E-state index in [1.54, 1.807) is 14.2 Å².